The molecule has 0 aliphatic heterocycles. The van der Waals surface area contributed by atoms with Crippen LogP contribution in [0.4, 0.5) is 4.79 Å². The number of urea groups is 1. The Morgan fingerprint density at radius 2 is 2.00 bits per heavy atom. The zero-order valence-corrected chi connectivity index (χ0v) is 12.2. The van der Waals surface area contributed by atoms with Crippen LogP contribution in [0.1, 0.15) is 31.4 Å². The van der Waals surface area contributed by atoms with Crippen molar-refractivity contribution in [3.63, 3.8) is 0 Å². The standard InChI is InChI=1S/C15H22N2O3/c1-11-5-4-6-12(9-11)7-8-16-14(20)17-15(2,3)10-13(18)19/h4-6,9H,7-8,10H2,1-3H3,(H,18,19)(H2,16,17,20). The molecule has 0 aliphatic rings. The molecule has 1 aromatic carbocycles. The van der Waals surface area contributed by atoms with Gasteiger partial charge in [-0.1, -0.05) is 29.8 Å². The third-order valence-corrected chi connectivity index (χ3v) is 2.83. The van der Waals surface area contributed by atoms with Gasteiger partial charge in [-0.25, -0.2) is 4.79 Å². The van der Waals surface area contributed by atoms with Crippen molar-refractivity contribution in [2.75, 3.05) is 6.54 Å². The first kappa shape index (κ1) is 16.0. The van der Waals surface area contributed by atoms with Crippen molar-refractivity contribution in [2.45, 2.75) is 39.2 Å². The number of benzene rings is 1. The van der Waals surface area contributed by atoms with Gasteiger partial charge in [-0.05, 0) is 32.8 Å². The fourth-order valence-corrected chi connectivity index (χ4v) is 1.96. The Morgan fingerprint density at radius 1 is 1.30 bits per heavy atom. The van der Waals surface area contributed by atoms with Gasteiger partial charge in [-0.2, -0.15) is 0 Å². The summed E-state index contributed by atoms with van der Waals surface area (Å²) in [6, 6.07) is 7.76. The summed E-state index contributed by atoms with van der Waals surface area (Å²) < 4.78 is 0. The van der Waals surface area contributed by atoms with Gasteiger partial charge in [-0.3, -0.25) is 4.79 Å². The van der Waals surface area contributed by atoms with E-state index >= 15 is 0 Å². The molecule has 20 heavy (non-hydrogen) atoms. The molecule has 0 unspecified atom stereocenters. The van der Waals surface area contributed by atoms with E-state index in [0.717, 1.165) is 12.0 Å². The average molecular weight is 278 g/mol. The van der Waals surface area contributed by atoms with Gasteiger partial charge in [0.2, 0.25) is 0 Å². The largest absolute Gasteiger partial charge is 0.481 e. The Bertz CT molecular complexity index is 484. The Hall–Kier alpha value is -2.04. The fourth-order valence-electron chi connectivity index (χ4n) is 1.96. The number of nitrogens with one attached hydrogen (secondary N) is 2. The van der Waals surface area contributed by atoms with Gasteiger partial charge < -0.3 is 15.7 Å². The summed E-state index contributed by atoms with van der Waals surface area (Å²) >= 11 is 0. The van der Waals surface area contributed by atoms with E-state index in [4.69, 9.17) is 5.11 Å². The zero-order chi connectivity index (χ0) is 15.2. The van der Waals surface area contributed by atoms with Crippen LogP contribution in [-0.4, -0.2) is 29.2 Å². The lowest BCUT2D eigenvalue weighted by Crippen LogP contribution is -2.49. The number of amides is 2. The van der Waals surface area contributed by atoms with Gasteiger partial charge in [-0.15, -0.1) is 0 Å². The molecule has 0 radical (unpaired) electrons. The van der Waals surface area contributed by atoms with Gasteiger partial charge in [0.15, 0.2) is 0 Å². The highest BCUT2D eigenvalue weighted by molar-refractivity contribution is 5.76. The first-order valence-corrected chi connectivity index (χ1v) is 6.62. The van der Waals surface area contributed by atoms with Crippen molar-refractivity contribution in [1.29, 1.82) is 0 Å². The number of carbonyl (C=O) groups excluding carboxylic acids is 1. The average Bonchev–Trinajstić information content (AvgIpc) is 2.26. The second-order valence-electron chi connectivity index (χ2n) is 5.57. The topological polar surface area (TPSA) is 78.4 Å². The second-order valence-corrected chi connectivity index (χ2v) is 5.57. The van der Waals surface area contributed by atoms with E-state index in [0.29, 0.717) is 6.54 Å². The molecule has 0 saturated heterocycles. The maximum Gasteiger partial charge on any atom is 0.315 e. The van der Waals surface area contributed by atoms with E-state index in [9.17, 15) is 9.59 Å². The normalized spacial score (nSPS) is 10.9. The van der Waals surface area contributed by atoms with E-state index in [1.165, 1.54) is 5.56 Å². The van der Waals surface area contributed by atoms with Gasteiger partial charge in [0.1, 0.15) is 0 Å². The van der Waals surface area contributed by atoms with E-state index in [1.807, 2.05) is 25.1 Å². The molecule has 5 nitrogen and oxygen atoms in total. The summed E-state index contributed by atoms with van der Waals surface area (Å²) in [6.07, 6.45) is 0.632. The van der Waals surface area contributed by atoms with Gasteiger partial charge in [0.05, 0.1) is 6.42 Å². The lowest BCUT2D eigenvalue weighted by molar-refractivity contribution is -0.138. The first-order valence-electron chi connectivity index (χ1n) is 6.62. The molecule has 1 rings (SSSR count). The number of rotatable bonds is 6. The van der Waals surface area contributed by atoms with Crippen molar-refractivity contribution < 1.29 is 14.7 Å². The molecule has 0 aromatic heterocycles. The van der Waals surface area contributed by atoms with Crippen LogP contribution >= 0.6 is 0 Å². The molecule has 3 N–H and O–H groups in total. The van der Waals surface area contributed by atoms with Crippen LogP contribution < -0.4 is 10.6 Å². The summed E-state index contributed by atoms with van der Waals surface area (Å²) in [5.74, 6) is -0.935. The number of carboxylic acids is 1. The van der Waals surface area contributed by atoms with Gasteiger partial charge >= 0.3 is 12.0 Å². The lowest BCUT2D eigenvalue weighted by Gasteiger charge is -2.24. The van der Waals surface area contributed by atoms with Crippen molar-refractivity contribution in [2.24, 2.45) is 0 Å². The van der Waals surface area contributed by atoms with E-state index in [-0.39, 0.29) is 12.5 Å². The maximum absolute atomic E-state index is 11.7. The summed E-state index contributed by atoms with van der Waals surface area (Å²) in [5, 5.41) is 14.1. The van der Waals surface area contributed by atoms with Crippen LogP contribution in [0.25, 0.3) is 0 Å². The highest BCUT2D eigenvalue weighted by Crippen LogP contribution is 2.07. The van der Waals surface area contributed by atoms with E-state index in [2.05, 4.69) is 16.7 Å². The summed E-state index contributed by atoms with van der Waals surface area (Å²) in [7, 11) is 0. The molecule has 0 heterocycles. The van der Waals surface area contributed by atoms with Crippen molar-refractivity contribution in [3.05, 3.63) is 35.4 Å². The summed E-state index contributed by atoms with van der Waals surface area (Å²) in [6.45, 7) is 5.90. The lowest BCUT2D eigenvalue weighted by atomic mass is 10.0. The van der Waals surface area contributed by atoms with Gasteiger partial charge in [0.25, 0.3) is 0 Å². The Labute approximate surface area is 119 Å². The molecule has 0 spiro atoms. The fraction of sp³-hybridized carbons (Fsp3) is 0.467. The summed E-state index contributed by atoms with van der Waals surface area (Å²) in [5.41, 5.74) is 1.59. The van der Waals surface area contributed by atoms with Crippen molar-refractivity contribution in [3.8, 4) is 0 Å². The monoisotopic (exact) mass is 278 g/mol. The van der Waals surface area contributed by atoms with Crippen LogP contribution in [0.15, 0.2) is 24.3 Å². The SMILES string of the molecule is Cc1cccc(CCNC(=O)NC(C)(C)CC(=O)O)c1. The minimum absolute atomic E-state index is 0.113. The van der Waals surface area contributed by atoms with Crippen LogP contribution in [0.2, 0.25) is 0 Å². The van der Waals surface area contributed by atoms with Crippen LogP contribution in [-0.2, 0) is 11.2 Å². The van der Waals surface area contributed by atoms with Crippen molar-refractivity contribution in [1.82, 2.24) is 10.6 Å². The number of carboxylic acid groups (broad SMARTS) is 1. The number of hydrogen-bond donors (Lipinski definition) is 3. The third kappa shape index (κ3) is 6.22. The molecule has 0 aliphatic carbocycles. The number of hydrogen-bond acceptors (Lipinski definition) is 2. The first-order chi connectivity index (χ1) is 9.28. The smallest absolute Gasteiger partial charge is 0.315 e. The molecule has 0 bridgehead atoms. The molecule has 1 aromatic rings. The molecule has 2 amide bonds. The summed E-state index contributed by atoms with van der Waals surface area (Å²) in [4.78, 5) is 22.3. The van der Waals surface area contributed by atoms with E-state index in [1.54, 1.807) is 13.8 Å². The van der Waals surface area contributed by atoms with Crippen LogP contribution in [0.5, 0.6) is 0 Å². The van der Waals surface area contributed by atoms with Crippen LogP contribution in [0, 0.1) is 6.92 Å². The quantitative estimate of drug-likeness (QED) is 0.745. The minimum Gasteiger partial charge on any atom is -0.481 e. The molecule has 0 fully saturated rings. The Kier molecular flexibility index (Phi) is 5.55. The number of carbonyl (C=O) groups is 2. The Morgan fingerprint density at radius 3 is 2.60 bits per heavy atom. The van der Waals surface area contributed by atoms with Gasteiger partial charge in [0, 0.05) is 12.1 Å². The number of aryl methyl sites for hydroxylation is 1. The molecule has 0 saturated carbocycles. The molecular formula is C15H22N2O3. The molecule has 0 atom stereocenters. The second kappa shape index (κ2) is 6.93. The maximum atomic E-state index is 11.7. The molecule has 110 valence electrons. The minimum atomic E-state index is -0.935. The van der Waals surface area contributed by atoms with Crippen molar-refractivity contribution >= 4 is 12.0 Å². The third-order valence-electron chi connectivity index (χ3n) is 2.83. The number of aliphatic carboxylic acids is 1. The highest BCUT2D eigenvalue weighted by atomic mass is 16.4. The predicted molar refractivity (Wildman–Crippen MR) is 77.7 cm³/mol. The zero-order valence-electron chi connectivity index (χ0n) is 12.2. The predicted octanol–water partition coefficient (Wildman–Crippen LogP) is 2.09. The molecule has 5 heteroatoms. The Balaban J connectivity index is 2.35. The van der Waals surface area contributed by atoms with E-state index < -0.39 is 11.5 Å². The van der Waals surface area contributed by atoms with Crippen LogP contribution in [0.3, 0.4) is 0 Å². The molecular weight excluding hydrogens is 256 g/mol. The highest BCUT2D eigenvalue weighted by Gasteiger charge is 2.23.